The SMILES string of the molecule is O=C(NC(NC(=O)OCc1ccccc1)c1ccc2c(c1)OCO2)OCc1ccccc1. The zero-order valence-electron chi connectivity index (χ0n) is 17.2. The lowest BCUT2D eigenvalue weighted by Gasteiger charge is -2.20. The molecule has 8 nitrogen and oxygen atoms in total. The Morgan fingerprint density at radius 1 is 0.750 bits per heavy atom. The summed E-state index contributed by atoms with van der Waals surface area (Å²) in [5.74, 6) is 1.11. The number of carbonyl (C=O) groups excluding carboxylic acids is 2. The summed E-state index contributed by atoms with van der Waals surface area (Å²) in [5, 5.41) is 5.31. The molecular weight excluding hydrogens is 412 g/mol. The van der Waals surface area contributed by atoms with Gasteiger partial charge in [-0.25, -0.2) is 9.59 Å². The predicted molar refractivity (Wildman–Crippen MR) is 115 cm³/mol. The van der Waals surface area contributed by atoms with Crippen LogP contribution in [0, 0.1) is 0 Å². The van der Waals surface area contributed by atoms with E-state index in [4.69, 9.17) is 18.9 Å². The molecule has 0 bridgehead atoms. The number of benzene rings is 3. The smallest absolute Gasteiger partial charge is 0.409 e. The zero-order chi connectivity index (χ0) is 22.2. The zero-order valence-corrected chi connectivity index (χ0v) is 17.2. The Morgan fingerprint density at radius 2 is 1.28 bits per heavy atom. The van der Waals surface area contributed by atoms with Crippen LogP contribution in [-0.2, 0) is 22.7 Å². The number of rotatable bonds is 7. The topological polar surface area (TPSA) is 95.1 Å². The molecule has 0 fully saturated rings. The van der Waals surface area contributed by atoms with Gasteiger partial charge in [0.05, 0.1) is 0 Å². The van der Waals surface area contributed by atoms with Gasteiger partial charge in [0.25, 0.3) is 0 Å². The molecule has 0 saturated carbocycles. The first kappa shape index (κ1) is 21.0. The third-order valence-electron chi connectivity index (χ3n) is 4.68. The van der Waals surface area contributed by atoms with Crippen molar-refractivity contribution in [3.8, 4) is 11.5 Å². The van der Waals surface area contributed by atoms with Gasteiger partial charge in [-0.1, -0.05) is 66.7 Å². The first-order valence-electron chi connectivity index (χ1n) is 10.0. The summed E-state index contributed by atoms with van der Waals surface area (Å²) in [6.07, 6.45) is -2.30. The molecule has 3 aromatic rings. The largest absolute Gasteiger partial charge is 0.454 e. The van der Waals surface area contributed by atoms with Crippen molar-refractivity contribution in [2.75, 3.05) is 6.79 Å². The number of nitrogens with one attached hydrogen (secondary N) is 2. The molecule has 1 heterocycles. The van der Waals surface area contributed by atoms with E-state index in [1.54, 1.807) is 18.2 Å². The molecule has 0 saturated heterocycles. The van der Waals surface area contributed by atoms with E-state index in [-0.39, 0.29) is 20.0 Å². The Balaban J connectivity index is 1.41. The second-order valence-electron chi connectivity index (χ2n) is 6.96. The van der Waals surface area contributed by atoms with Gasteiger partial charge >= 0.3 is 12.2 Å². The van der Waals surface area contributed by atoms with Crippen LogP contribution in [-0.4, -0.2) is 19.0 Å². The van der Waals surface area contributed by atoms with E-state index in [2.05, 4.69) is 10.6 Å². The second-order valence-corrected chi connectivity index (χ2v) is 6.96. The predicted octanol–water partition coefficient (Wildman–Crippen LogP) is 4.27. The fourth-order valence-corrected chi connectivity index (χ4v) is 3.06. The summed E-state index contributed by atoms with van der Waals surface area (Å²) >= 11 is 0. The fourth-order valence-electron chi connectivity index (χ4n) is 3.06. The highest BCUT2D eigenvalue weighted by atomic mass is 16.7. The molecule has 2 N–H and O–H groups in total. The number of fused-ring (bicyclic) bond motifs is 1. The van der Waals surface area contributed by atoms with Gasteiger partial charge in [-0.3, -0.25) is 10.6 Å². The van der Waals surface area contributed by atoms with Gasteiger partial charge in [0.1, 0.15) is 19.4 Å². The number of alkyl carbamates (subject to hydrolysis) is 2. The van der Waals surface area contributed by atoms with Crippen molar-refractivity contribution in [1.82, 2.24) is 10.6 Å². The van der Waals surface area contributed by atoms with Crippen LogP contribution in [0.15, 0.2) is 78.9 Å². The summed E-state index contributed by atoms with van der Waals surface area (Å²) in [6, 6.07) is 23.7. The van der Waals surface area contributed by atoms with Crippen molar-refractivity contribution < 1.29 is 28.5 Å². The van der Waals surface area contributed by atoms with Crippen LogP contribution in [0.3, 0.4) is 0 Å². The van der Waals surface area contributed by atoms with E-state index >= 15 is 0 Å². The molecule has 32 heavy (non-hydrogen) atoms. The normalized spacial score (nSPS) is 11.7. The maximum Gasteiger partial charge on any atom is 0.409 e. The van der Waals surface area contributed by atoms with Crippen molar-refractivity contribution in [2.45, 2.75) is 19.4 Å². The average Bonchev–Trinajstić information content (AvgIpc) is 3.30. The molecule has 0 aliphatic carbocycles. The summed E-state index contributed by atoms with van der Waals surface area (Å²) in [5.41, 5.74) is 2.26. The molecule has 0 aromatic heterocycles. The maximum absolute atomic E-state index is 12.4. The minimum atomic E-state index is -0.906. The van der Waals surface area contributed by atoms with Crippen molar-refractivity contribution in [3.63, 3.8) is 0 Å². The number of hydrogen-bond acceptors (Lipinski definition) is 6. The summed E-state index contributed by atoms with van der Waals surface area (Å²) in [4.78, 5) is 24.8. The molecule has 4 rings (SSSR count). The molecule has 1 aliphatic rings. The number of hydrogen-bond donors (Lipinski definition) is 2. The van der Waals surface area contributed by atoms with Crippen LogP contribution >= 0.6 is 0 Å². The number of ether oxygens (including phenoxy) is 4. The second kappa shape index (κ2) is 10.2. The van der Waals surface area contributed by atoms with Crippen LogP contribution in [0.1, 0.15) is 22.9 Å². The Hall–Kier alpha value is -4.20. The number of carbonyl (C=O) groups is 2. The van der Waals surface area contributed by atoms with E-state index in [1.807, 2.05) is 60.7 Å². The van der Waals surface area contributed by atoms with Crippen LogP contribution in [0.5, 0.6) is 11.5 Å². The molecule has 0 unspecified atom stereocenters. The van der Waals surface area contributed by atoms with Gasteiger partial charge in [-0.2, -0.15) is 0 Å². The van der Waals surface area contributed by atoms with Gasteiger partial charge in [-0.05, 0) is 28.8 Å². The van der Waals surface area contributed by atoms with Crippen LogP contribution in [0.4, 0.5) is 9.59 Å². The fraction of sp³-hybridized carbons (Fsp3) is 0.167. The molecule has 1 aliphatic heterocycles. The molecule has 0 atom stereocenters. The lowest BCUT2D eigenvalue weighted by atomic mass is 10.1. The third kappa shape index (κ3) is 5.69. The van der Waals surface area contributed by atoms with Crippen molar-refractivity contribution in [2.24, 2.45) is 0 Å². The average molecular weight is 434 g/mol. The minimum absolute atomic E-state index is 0.0962. The van der Waals surface area contributed by atoms with E-state index < -0.39 is 18.4 Å². The van der Waals surface area contributed by atoms with E-state index in [1.165, 1.54) is 0 Å². The van der Waals surface area contributed by atoms with Crippen LogP contribution in [0.2, 0.25) is 0 Å². The minimum Gasteiger partial charge on any atom is -0.454 e. The van der Waals surface area contributed by atoms with E-state index in [0.29, 0.717) is 17.1 Å². The molecule has 2 amide bonds. The highest BCUT2D eigenvalue weighted by Gasteiger charge is 2.22. The van der Waals surface area contributed by atoms with Gasteiger partial charge in [0.2, 0.25) is 6.79 Å². The standard InChI is InChI=1S/C24H22N2O6/c27-23(29-14-17-7-3-1-4-8-17)25-22(19-11-12-20-21(13-19)32-16-31-20)26-24(28)30-15-18-9-5-2-6-10-18/h1-13,22H,14-16H2,(H,25,27)(H,26,28). The molecule has 3 aromatic carbocycles. The van der Waals surface area contributed by atoms with Crippen LogP contribution in [0.25, 0.3) is 0 Å². The third-order valence-corrected chi connectivity index (χ3v) is 4.68. The maximum atomic E-state index is 12.4. The van der Waals surface area contributed by atoms with Gasteiger partial charge < -0.3 is 18.9 Å². The summed E-state index contributed by atoms with van der Waals surface area (Å²) in [7, 11) is 0. The van der Waals surface area contributed by atoms with Crippen molar-refractivity contribution >= 4 is 12.2 Å². The van der Waals surface area contributed by atoms with Gasteiger partial charge in [0.15, 0.2) is 11.5 Å². The highest BCUT2D eigenvalue weighted by Crippen LogP contribution is 2.33. The van der Waals surface area contributed by atoms with E-state index in [9.17, 15) is 9.59 Å². The monoisotopic (exact) mass is 434 g/mol. The Morgan fingerprint density at radius 3 is 1.84 bits per heavy atom. The first-order chi connectivity index (χ1) is 15.7. The summed E-state index contributed by atoms with van der Waals surface area (Å²) < 4.78 is 21.3. The van der Waals surface area contributed by atoms with Gasteiger partial charge in [0, 0.05) is 0 Å². The Bertz CT molecular complexity index is 1000. The van der Waals surface area contributed by atoms with Crippen molar-refractivity contribution in [1.29, 1.82) is 0 Å². The number of amides is 2. The molecule has 164 valence electrons. The molecule has 8 heteroatoms. The summed E-state index contributed by atoms with van der Waals surface area (Å²) in [6.45, 7) is 0.306. The molecule has 0 radical (unpaired) electrons. The van der Waals surface area contributed by atoms with Crippen LogP contribution < -0.4 is 20.1 Å². The Labute approximate surface area is 185 Å². The first-order valence-corrected chi connectivity index (χ1v) is 10.0. The van der Waals surface area contributed by atoms with E-state index in [0.717, 1.165) is 11.1 Å². The molecule has 0 spiro atoms. The highest BCUT2D eigenvalue weighted by molar-refractivity contribution is 5.71. The lowest BCUT2D eigenvalue weighted by Crippen LogP contribution is -2.41. The van der Waals surface area contributed by atoms with Crippen molar-refractivity contribution in [3.05, 3.63) is 95.6 Å². The molecular formula is C24H22N2O6. The lowest BCUT2D eigenvalue weighted by molar-refractivity contribution is 0.122. The Kier molecular flexibility index (Phi) is 6.72. The van der Waals surface area contributed by atoms with Gasteiger partial charge in [-0.15, -0.1) is 0 Å². The quantitative estimate of drug-likeness (QED) is 0.540.